The Balaban J connectivity index is 1.24. The molecule has 1 saturated carbocycles. The number of pyridine rings is 1. The number of anilines is 1. The van der Waals surface area contributed by atoms with Crippen molar-refractivity contribution in [1.29, 1.82) is 0 Å². The van der Waals surface area contributed by atoms with Gasteiger partial charge < -0.3 is 15.0 Å². The molecule has 0 radical (unpaired) electrons. The van der Waals surface area contributed by atoms with Crippen LogP contribution in [0, 0.1) is 0 Å². The van der Waals surface area contributed by atoms with Crippen LogP contribution in [0.3, 0.4) is 0 Å². The van der Waals surface area contributed by atoms with Crippen molar-refractivity contribution in [3.63, 3.8) is 0 Å². The van der Waals surface area contributed by atoms with E-state index in [1.807, 2.05) is 30.5 Å². The first-order valence-electron chi connectivity index (χ1n) is 13.4. The Morgan fingerprint density at radius 2 is 1.94 bits per heavy atom. The molecule has 1 aliphatic heterocycles. The van der Waals surface area contributed by atoms with Gasteiger partial charge in [0.2, 0.25) is 5.91 Å². The molecule has 3 aromatic rings. The Morgan fingerprint density at radius 3 is 2.72 bits per heavy atom. The van der Waals surface area contributed by atoms with Crippen molar-refractivity contribution in [2.75, 3.05) is 19.0 Å². The topological polar surface area (TPSA) is 66.5 Å². The zero-order valence-corrected chi connectivity index (χ0v) is 21.5. The normalized spacial score (nSPS) is 20.1. The third-order valence-electron chi connectivity index (χ3n) is 7.82. The van der Waals surface area contributed by atoms with Crippen LogP contribution in [0.15, 0.2) is 60.8 Å². The number of aromatic nitrogens is 1. The van der Waals surface area contributed by atoms with Crippen LogP contribution in [0.5, 0.6) is 5.75 Å². The molecular weight excluding hydrogens is 448 g/mol. The van der Waals surface area contributed by atoms with Crippen molar-refractivity contribution in [3.05, 3.63) is 66.4 Å². The predicted molar refractivity (Wildman–Crippen MR) is 145 cm³/mol. The fraction of sp³-hybridized carbons (Fsp3) is 0.467. The van der Waals surface area contributed by atoms with Crippen LogP contribution in [0.2, 0.25) is 0 Å². The summed E-state index contributed by atoms with van der Waals surface area (Å²) in [5.41, 5.74) is 2.99. The number of carbonyl (C=O) groups excluding carboxylic acids is 1. The number of nitrogens with one attached hydrogen (secondary N) is 2. The SMILES string of the molecule is COc1cc(NC(C)CCCN2C(=O)[C@H](Cc3ccccc3)NC23CCCCC3)c2ncccc2c1. The molecule has 1 unspecified atom stereocenters. The Bertz CT molecular complexity index is 1180. The average Bonchev–Trinajstić information content (AvgIpc) is 3.14. The van der Waals surface area contributed by atoms with Gasteiger partial charge in [-0.3, -0.25) is 15.1 Å². The molecule has 1 aliphatic carbocycles. The minimum absolute atomic E-state index is 0.129. The van der Waals surface area contributed by atoms with Crippen LogP contribution < -0.4 is 15.4 Å². The van der Waals surface area contributed by atoms with E-state index < -0.39 is 0 Å². The summed E-state index contributed by atoms with van der Waals surface area (Å²) in [6, 6.07) is 18.5. The van der Waals surface area contributed by atoms with Gasteiger partial charge in [-0.15, -0.1) is 0 Å². The first-order valence-corrected chi connectivity index (χ1v) is 13.4. The molecule has 5 rings (SSSR count). The van der Waals surface area contributed by atoms with Crippen molar-refractivity contribution < 1.29 is 9.53 Å². The summed E-state index contributed by atoms with van der Waals surface area (Å²) in [5, 5.41) is 8.51. The summed E-state index contributed by atoms with van der Waals surface area (Å²) in [5.74, 6) is 1.09. The molecule has 190 valence electrons. The van der Waals surface area contributed by atoms with E-state index in [0.29, 0.717) is 0 Å². The fourth-order valence-corrected chi connectivity index (χ4v) is 6.01. The lowest BCUT2D eigenvalue weighted by atomic mass is 9.88. The van der Waals surface area contributed by atoms with Gasteiger partial charge in [0.15, 0.2) is 0 Å². The second-order valence-corrected chi connectivity index (χ2v) is 10.4. The smallest absolute Gasteiger partial charge is 0.241 e. The first kappa shape index (κ1) is 24.6. The van der Waals surface area contributed by atoms with E-state index in [2.05, 4.69) is 57.8 Å². The largest absolute Gasteiger partial charge is 0.497 e. The van der Waals surface area contributed by atoms with Crippen LogP contribution in [-0.4, -0.2) is 47.2 Å². The molecule has 2 fully saturated rings. The van der Waals surface area contributed by atoms with Crippen LogP contribution in [-0.2, 0) is 11.2 Å². The lowest BCUT2D eigenvalue weighted by Crippen LogP contribution is -2.54. The van der Waals surface area contributed by atoms with Gasteiger partial charge in [-0.2, -0.15) is 0 Å². The van der Waals surface area contributed by atoms with Gasteiger partial charge in [0, 0.05) is 30.2 Å². The van der Waals surface area contributed by atoms with Gasteiger partial charge in [-0.05, 0) is 69.6 Å². The number of benzene rings is 2. The van der Waals surface area contributed by atoms with E-state index in [1.165, 1.54) is 24.8 Å². The Hall–Kier alpha value is -3.12. The lowest BCUT2D eigenvalue weighted by molar-refractivity contribution is -0.133. The van der Waals surface area contributed by atoms with Gasteiger partial charge in [0.25, 0.3) is 0 Å². The lowest BCUT2D eigenvalue weighted by Gasteiger charge is -2.41. The summed E-state index contributed by atoms with van der Waals surface area (Å²) in [4.78, 5) is 20.4. The highest BCUT2D eigenvalue weighted by Gasteiger charge is 2.49. The van der Waals surface area contributed by atoms with Crippen LogP contribution in [0.25, 0.3) is 10.9 Å². The summed E-state index contributed by atoms with van der Waals surface area (Å²) >= 11 is 0. The predicted octanol–water partition coefficient (Wildman–Crippen LogP) is 5.53. The number of amides is 1. The number of hydrogen-bond donors (Lipinski definition) is 2. The highest BCUT2D eigenvalue weighted by Crippen LogP contribution is 2.37. The molecule has 2 atom stereocenters. The van der Waals surface area contributed by atoms with Crippen LogP contribution in [0.1, 0.15) is 57.4 Å². The third kappa shape index (κ3) is 5.19. The summed E-state index contributed by atoms with van der Waals surface area (Å²) < 4.78 is 5.50. The maximum Gasteiger partial charge on any atom is 0.241 e. The highest BCUT2D eigenvalue weighted by atomic mass is 16.5. The molecule has 1 saturated heterocycles. The van der Waals surface area contributed by atoms with Crippen molar-refractivity contribution in [3.8, 4) is 5.75 Å². The zero-order chi connectivity index (χ0) is 25.0. The second kappa shape index (κ2) is 10.9. The van der Waals surface area contributed by atoms with Gasteiger partial charge >= 0.3 is 0 Å². The Labute approximate surface area is 214 Å². The van der Waals surface area contributed by atoms with Crippen molar-refractivity contribution in [2.24, 2.45) is 0 Å². The second-order valence-electron chi connectivity index (χ2n) is 10.4. The van der Waals surface area contributed by atoms with Gasteiger partial charge in [0.05, 0.1) is 30.0 Å². The van der Waals surface area contributed by atoms with E-state index >= 15 is 0 Å². The van der Waals surface area contributed by atoms with E-state index in [-0.39, 0.29) is 23.7 Å². The van der Waals surface area contributed by atoms with Gasteiger partial charge in [0.1, 0.15) is 5.75 Å². The first-order chi connectivity index (χ1) is 17.6. The van der Waals surface area contributed by atoms with Crippen LogP contribution in [0.4, 0.5) is 5.69 Å². The molecule has 1 amide bonds. The molecule has 0 bridgehead atoms. The van der Waals surface area contributed by atoms with Crippen molar-refractivity contribution in [2.45, 2.75) is 76.0 Å². The standard InChI is InChI=1S/C30H38N4O2/c1-22(32-26-21-25(36-2)20-24-14-9-17-31-28(24)26)11-10-18-34-29(35)27(19-23-12-5-3-6-13-23)33-30(34)15-7-4-8-16-30/h3,5-6,9,12-14,17,20-22,27,32-33H,4,7-8,10-11,15-16,18-19H2,1-2H3/t22?,27-/m0/s1. The number of ether oxygens (including phenoxy) is 1. The van der Waals surface area contributed by atoms with E-state index in [4.69, 9.17) is 4.74 Å². The number of nitrogens with zero attached hydrogens (tertiary/aromatic N) is 2. The molecule has 2 N–H and O–H groups in total. The molecular formula is C30H38N4O2. The molecule has 2 aromatic carbocycles. The molecule has 2 aliphatic rings. The van der Waals surface area contributed by atoms with E-state index in [0.717, 1.165) is 61.0 Å². The Kier molecular flexibility index (Phi) is 7.42. The number of fused-ring (bicyclic) bond motifs is 1. The number of methoxy groups -OCH3 is 1. The molecule has 2 heterocycles. The summed E-state index contributed by atoms with van der Waals surface area (Å²) in [6.07, 6.45) is 10.2. The van der Waals surface area contributed by atoms with Gasteiger partial charge in [-0.25, -0.2) is 0 Å². The zero-order valence-electron chi connectivity index (χ0n) is 21.5. The minimum atomic E-state index is -0.168. The summed E-state index contributed by atoms with van der Waals surface area (Å²) in [6.45, 7) is 2.99. The van der Waals surface area contributed by atoms with E-state index in [1.54, 1.807) is 7.11 Å². The number of carbonyl (C=O) groups is 1. The van der Waals surface area contributed by atoms with E-state index in [9.17, 15) is 4.79 Å². The van der Waals surface area contributed by atoms with Gasteiger partial charge in [-0.1, -0.05) is 42.8 Å². The summed E-state index contributed by atoms with van der Waals surface area (Å²) in [7, 11) is 1.69. The molecule has 1 aromatic heterocycles. The van der Waals surface area contributed by atoms with Crippen molar-refractivity contribution >= 4 is 22.5 Å². The Morgan fingerprint density at radius 1 is 1.14 bits per heavy atom. The molecule has 1 spiro atoms. The number of rotatable bonds is 9. The minimum Gasteiger partial charge on any atom is -0.497 e. The molecule has 36 heavy (non-hydrogen) atoms. The van der Waals surface area contributed by atoms with Crippen LogP contribution >= 0.6 is 0 Å². The van der Waals surface area contributed by atoms with Crippen molar-refractivity contribution in [1.82, 2.24) is 15.2 Å². The maximum atomic E-state index is 13.6. The maximum absolute atomic E-state index is 13.6. The monoisotopic (exact) mass is 486 g/mol. The third-order valence-corrected chi connectivity index (χ3v) is 7.82. The average molecular weight is 487 g/mol. The molecule has 6 heteroatoms. The highest BCUT2D eigenvalue weighted by molar-refractivity contribution is 5.92. The quantitative estimate of drug-likeness (QED) is 0.416. The number of hydrogen-bond acceptors (Lipinski definition) is 5. The fourth-order valence-electron chi connectivity index (χ4n) is 6.01. The molecule has 6 nitrogen and oxygen atoms in total.